The van der Waals surface area contributed by atoms with Crippen LogP contribution in [0.25, 0.3) is 44.3 Å². The summed E-state index contributed by atoms with van der Waals surface area (Å²) in [6.07, 6.45) is 28.1. The number of pyridine rings is 4. The second-order valence-corrected chi connectivity index (χ2v) is 22.8. The largest absolute Gasteiger partial charge is 0.488 e. The van der Waals surface area contributed by atoms with E-state index in [1.165, 1.54) is 103 Å². The number of aryl methyl sites for hydroxylation is 4. The third-order valence-corrected chi connectivity index (χ3v) is 16.0. The summed E-state index contributed by atoms with van der Waals surface area (Å²) in [4.78, 5) is 53.7. The maximum Gasteiger partial charge on any atom is 0.488 e. The van der Waals surface area contributed by atoms with E-state index in [4.69, 9.17) is 10.0 Å². The lowest BCUT2D eigenvalue weighted by Gasteiger charge is -2.19. The summed E-state index contributed by atoms with van der Waals surface area (Å²) in [5, 5.41) is 17.2. The van der Waals surface area contributed by atoms with Gasteiger partial charge in [-0.3, -0.25) is 19.2 Å². The quantitative estimate of drug-likeness (QED) is 0.0329. The number of fused-ring (bicyclic) bond motifs is 2. The van der Waals surface area contributed by atoms with Crippen LogP contribution in [0.15, 0.2) is 143 Å². The zero-order chi connectivity index (χ0) is 56.8. The first-order valence-corrected chi connectivity index (χ1v) is 31.5. The van der Waals surface area contributed by atoms with Crippen molar-refractivity contribution in [3.05, 3.63) is 166 Å². The monoisotopic (exact) mass is 1200 g/mol. The highest BCUT2D eigenvalue weighted by Gasteiger charge is 2.19. The summed E-state index contributed by atoms with van der Waals surface area (Å²) >= 11 is 6.88. The first kappa shape index (κ1) is 64.7. The van der Waals surface area contributed by atoms with E-state index in [9.17, 15) is 19.2 Å². The van der Waals surface area contributed by atoms with Gasteiger partial charge in [-0.2, -0.15) is 0 Å². The summed E-state index contributed by atoms with van der Waals surface area (Å²) < 4.78 is 8.61. The lowest BCUT2D eigenvalue weighted by atomic mass is 9.81. The number of hydrogen-bond acceptors (Lipinski definition) is 6. The van der Waals surface area contributed by atoms with Crippen molar-refractivity contribution < 1.29 is 10.0 Å². The van der Waals surface area contributed by atoms with E-state index >= 15 is 0 Å². The Morgan fingerprint density at radius 2 is 0.595 bits per heavy atom. The molecule has 0 aliphatic carbocycles. The Morgan fingerprint density at radius 1 is 0.342 bits per heavy atom. The molecular formula is C66H89BBr2N4O6. The molecule has 0 radical (unpaired) electrons. The fraction of sp³-hybridized carbons (Fsp3) is 0.485. The SMILES string of the molecule is CCCCCCCCn1c(=O)c(-c2ccccc2)cc2c1cc(-c1ccccc1)c(=O)n2CCCCCCCC.CCCCCCCCn1c(=O)c(Br)cc2c1cc(Br)c(=O)n2CCCCCCCC.OB(O)c1ccccc1. The van der Waals surface area contributed by atoms with Gasteiger partial charge in [-0.05, 0) is 98.4 Å². The molecular weight excluding hydrogens is 1120 g/mol. The van der Waals surface area contributed by atoms with Gasteiger partial charge in [0.15, 0.2) is 0 Å². The molecule has 426 valence electrons. The van der Waals surface area contributed by atoms with Gasteiger partial charge in [0.2, 0.25) is 0 Å². The molecule has 10 nitrogen and oxygen atoms in total. The first-order valence-electron chi connectivity index (χ1n) is 29.9. The van der Waals surface area contributed by atoms with Crippen molar-refractivity contribution in [3.63, 3.8) is 0 Å². The minimum Gasteiger partial charge on any atom is -0.423 e. The summed E-state index contributed by atoms with van der Waals surface area (Å²) in [5.41, 5.74) is 7.08. The number of nitrogens with zero attached hydrogens (tertiary/aromatic N) is 4. The summed E-state index contributed by atoms with van der Waals surface area (Å²) in [5.74, 6) is 0. The maximum absolute atomic E-state index is 14.0. The van der Waals surface area contributed by atoms with E-state index in [1.54, 1.807) is 24.3 Å². The molecule has 4 aromatic heterocycles. The molecule has 0 amide bonds. The molecule has 0 saturated carbocycles. The van der Waals surface area contributed by atoms with Crippen LogP contribution in [0.1, 0.15) is 182 Å². The number of halogens is 2. The number of unbranched alkanes of at least 4 members (excludes halogenated alkanes) is 20. The van der Waals surface area contributed by atoms with Crippen LogP contribution in [-0.2, 0) is 26.2 Å². The molecule has 3 aromatic carbocycles. The van der Waals surface area contributed by atoms with Crippen LogP contribution in [0.2, 0.25) is 0 Å². The van der Waals surface area contributed by atoms with E-state index in [0.717, 1.165) is 84.6 Å². The molecule has 0 atom stereocenters. The van der Waals surface area contributed by atoms with Crippen LogP contribution in [-0.4, -0.2) is 35.4 Å². The van der Waals surface area contributed by atoms with Gasteiger partial charge in [-0.25, -0.2) is 0 Å². The Labute approximate surface area is 487 Å². The van der Waals surface area contributed by atoms with Gasteiger partial charge in [-0.1, -0.05) is 247 Å². The fourth-order valence-corrected chi connectivity index (χ4v) is 11.1. The third-order valence-electron chi connectivity index (χ3n) is 14.8. The summed E-state index contributed by atoms with van der Waals surface area (Å²) in [6, 6.07) is 36.0. The molecule has 0 bridgehead atoms. The van der Waals surface area contributed by atoms with Crippen molar-refractivity contribution in [2.45, 2.75) is 208 Å². The Balaban J connectivity index is 0.000000258. The minimum atomic E-state index is -1.34. The molecule has 7 rings (SSSR count). The van der Waals surface area contributed by atoms with Gasteiger partial charge >= 0.3 is 7.12 Å². The maximum atomic E-state index is 14.0. The van der Waals surface area contributed by atoms with Crippen molar-refractivity contribution in [2.24, 2.45) is 0 Å². The van der Waals surface area contributed by atoms with Crippen LogP contribution in [0.4, 0.5) is 0 Å². The topological polar surface area (TPSA) is 128 Å². The van der Waals surface area contributed by atoms with Gasteiger partial charge in [0.05, 0.1) is 31.0 Å². The molecule has 4 heterocycles. The number of rotatable bonds is 31. The van der Waals surface area contributed by atoms with E-state index in [-0.39, 0.29) is 22.2 Å². The van der Waals surface area contributed by atoms with Crippen molar-refractivity contribution in [2.75, 3.05) is 0 Å². The Hall–Kier alpha value is -5.08. The van der Waals surface area contributed by atoms with Gasteiger partial charge < -0.3 is 28.3 Å². The van der Waals surface area contributed by atoms with E-state index < -0.39 is 7.12 Å². The highest BCUT2D eigenvalue weighted by Crippen LogP contribution is 2.27. The fourth-order valence-electron chi connectivity index (χ4n) is 10.3. The van der Waals surface area contributed by atoms with Gasteiger partial charge in [0.25, 0.3) is 22.2 Å². The van der Waals surface area contributed by atoms with Crippen LogP contribution < -0.4 is 27.7 Å². The van der Waals surface area contributed by atoms with Crippen LogP contribution in [0.3, 0.4) is 0 Å². The highest BCUT2D eigenvalue weighted by molar-refractivity contribution is 9.10. The number of benzene rings is 3. The second kappa shape index (κ2) is 36.3. The highest BCUT2D eigenvalue weighted by atomic mass is 79.9. The van der Waals surface area contributed by atoms with Crippen molar-refractivity contribution in [1.82, 2.24) is 18.3 Å². The standard InChI is InChI=1S/C36H46N2O2.C24H36Br2N2O2.C6H7BO2/c1-3-5-7-9-11-19-25-37-33-27-32(30-23-17-14-18-24-30)36(40)38(26-20-12-10-8-6-4-2)34(33)28-31(35(37)39)29-21-15-13-16-22-29;1-3-5-7-9-11-13-15-27-21-17-20(26)24(30)28(16-14-12-10-8-6-4-2)22(21)18-19(25)23(27)29;8-7(9)6-4-2-1-3-5-6/h13-18,21-24,27-28H,3-12,19-20,25-26H2,1-2H3;17-18H,3-16H2,1-2H3;1-5,8-9H. The molecule has 0 unspecified atom stereocenters. The Bertz CT molecular complexity index is 2930. The van der Waals surface area contributed by atoms with E-state index in [0.29, 0.717) is 51.7 Å². The van der Waals surface area contributed by atoms with Gasteiger partial charge in [-0.15, -0.1) is 0 Å². The number of hydrogen-bond donors (Lipinski definition) is 2. The van der Waals surface area contributed by atoms with Crippen molar-refractivity contribution in [1.29, 1.82) is 0 Å². The minimum absolute atomic E-state index is 0.0206. The number of aromatic nitrogens is 4. The molecule has 0 aliphatic rings. The van der Waals surface area contributed by atoms with Gasteiger partial charge in [0, 0.05) is 37.3 Å². The molecule has 7 aromatic rings. The van der Waals surface area contributed by atoms with E-state index in [2.05, 4.69) is 59.6 Å². The van der Waals surface area contributed by atoms with Crippen LogP contribution in [0.5, 0.6) is 0 Å². The van der Waals surface area contributed by atoms with E-state index in [1.807, 2.05) is 109 Å². The smallest absolute Gasteiger partial charge is 0.423 e. The Morgan fingerprint density at radius 3 is 0.873 bits per heavy atom. The molecule has 2 N–H and O–H groups in total. The normalized spacial score (nSPS) is 11.1. The van der Waals surface area contributed by atoms with Crippen LogP contribution >= 0.6 is 31.9 Å². The average molecular weight is 1210 g/mol. The average Bonchev–Trinajstić information content (AvgIpc) is 3.46. The predicted octanol–water partition coefficient (Wildman–Crippen LogP) is 16.0. The molecule has 79 heavy (non-hydrogen) atoms. The zero-order valence-corrected chi connectivity index (χ0v) is 51.1. The van der Waals surface area contributed by atoms with Gasteiger partial charge in [0.1, 0.15) is 0 Å². The molecule has 0 aliphatic heterocycles. The molecule has 13 heteroatoms. The zero-order valence-electron chi connectivity index (χ0n) is 47.9. The predicted molar refractivity (Wildman–Crippen MR) is 341 cm³/mol. The summed E-state index contributed by atoms with van der Waals surface area (Å²) in [7, 11) is -1.34. The Kier molecular flexibility index (Phi) is 29.8. The van der Waals surface area contributed by atoms with Crippen molar-refractivity contribution >= 4 is 66.5 Å². The second-order valence-electron chi connectivity index (χ2n) is 21.1. The summed E-state index contributed by atoms with van der Waals surface area (Å²) in [6.45, 7) is 11.6. The third kappa shape index (κ3) is 20.2. The molecule has 0 fully saturated rings. The van der Waals surface area contributed by atoms with Crippen LogP contribution in [0, 0.1) is 0 Å². The molecule has 0 spiro atoms. The lowest BCUT2D eigenvalue weighted by Crippen LogP contribution is -2.29. The first-order chi connectivity index (χ1) is 38.5. The van der Waals surface area contributed by atoms with Crippen molar-refractivity contribution in [3.8, 4) is 22.3 Å². The lowest BCUT2D eigenvalue weighted by molar-refractivity contribution is 0.426. The molecule has 0 saturated heterocycles.